The van der Waals surface area contributed by atoms with Crippen LogP contribution in [0.25, 0.3) is 0 Å². The van der Waals surface area contributed by atoms with Crippen molar-refractivity contribution in [3.05, 3.63) is 12.4 Å². The smallest absolute Gasteiger partial charge is 0.444 e. The van der Waals surface area contributed by atoms with E-state index in [9.17, 15) is 18.0 Å². The summed E-state index contributed by atoms with van der Waals surface area (Å²) in [5.41, 5.74) is 0.365. The van der Waals surface area contributed by atoms with Crippen LogP contribution in [0, 0.1) is 5.92 Å². The van der Waals surface area contributed by atoms with E-state index >= 15 is 0 Å². The molecule has 0 aromatic carbocycles. The van der Waals surface area contributed by atoms with Crippen molar-refractivity contribution < 1.29 is 32.2 Å². The number of ether oxygens (including phenoxy) is 3. The summed E-state index contributed by atoms with van der Waals surface area (Å²) in [4.78, 5) is 14.5. The maximum Gasteiger partial charge on any atom is 0.522 e. The van der Waals surface area contributed by atoms with Crippen LogP contribution in [-0.4, -0.2) is 65.8 Å². The molecule has 3 heterocycles. The first-order valence-electron chi connectivity index (χ1n) is 11.1. The minimum Gasteiger partial charge on any atom is -0.444 e. The van der Waals surface area contributed by atoms with E-state index in [1.807, 2.05) is 27.0 Å². The van der Waals surface area contributed by atoms with Crippen molar-refractivity contribution in [1.29, 1.82) is 0 Å². The molecule has 0 radical (unpaired) electrons. The Kier molecular flexibility index (Phi) is 6.32. The number of halogens is 3. The van der Waals surface area contributed by atoms with Crippen LogP contribution >= 0.6 is 0 Å². The molecular weight excluding hydrogens is 429 g/mol. The van der Waals surface area contributed by atoms with Crippen molar-refractivity contribution in [3.8, 4) is 0 Å². The van der Waals surface area contributed by atoms with Gasteiger partial charge in [-0.25, -0.2) is 4.79 Å². The second-order valence-corrected chi connectivity index (χ2v) is 10.0. The van der Waals surface area contributed by atoms with Gasteiger partial charge in [-0.2, -0.15) is 5.10 Å². The van der Waals surface area contributed by atoms with Gasteiger partial charge in [0, 0.05) is 24.7 Å². The number of aromatic nitrogens is 2. The van der Waals surface area contributed by atoms with Gasteiger partial charge in [-0.05, 0) is 46.5 Å². The molecule has 180 valence electrons. The third kappa shape index (κ3) is 5.86. The fourth-order valence-corrected chi connectivity index (χ4v) is 4.73. The number of anilines is 1. The minimum atomic E-state index is -4.60. The van der Waals surface area contributed by atoms with Crippen molar-refractivity contribution in [2.45, 2.75) is 82.6 Å². The molecule has 3 aliphatic rings. The Morgan fingerprint density at radius 3 is 2.59 bits per heavy atom. The fourth-order valence-electron chi connectivity index (χ4n) is 4.73. The highest BCUT2D eigenvalue weighted by atomic mass is 19.4. The van der Waals surface area contributed by atoms with Crippen LogP contribution in [0.1, 0.15) is 52.5 Å². The number of nitrogens with one attached hydrogen (secondary N) is 1. The summed E-state index contributed by atoms with van der Waals surface area (Å²) >= 11 is 0. The van der Waals surface area contributed by atoms with Crippen molar-refractivity contribution in [1.82, 2.24) is 15.1 Å². The van der Waals surface area contributed by atoms with Crippen LogP contribution in [0.15, 0.2) is 12.4 Å². The molecule has 1 saturated carbocycles. The summed E-state index contributed by atoms with van der Waals surface area (Å²) in [6.07, 6.45) is -0.0825. The summed E-state index contributed by atoms with van der Waals surface area (Å²) in [6, 6.07) is -0.0567. The SMILES string of the molecule is CC(C)(C)OC(=O)N[C@@H]1CC2COCC(C1)N(c1cnn(C3CC(OC(F)(F)F)C3)c1)C2. The summed E-state index contributed by atoms with van der Waals surface area (Å²) in [6.45, 7) is 7.43. The van der Waals surface area contributed by atoms with Gasteiger partial charge in [0.15, 0.2) is 0 Å². The number of fused-ring (bicyclic) bond motifs is 3. The Labute approximate surface area is 185 Å². The number of carbonyl (C=O) groups excluding carboxylic acids is 1. The lowest BCUT2D eigenvalue weighted by atomic mass is 9.89. The molecular formula is C21H31F3N4O4. The number of alkyl carbamates (subject to hydrolysis) is 1. The normalized spacial score (nSPS) is 30.9. The van der Waals surface area contributed by atoms with E-state index < -0.39 is 24.2 Å². The standard InChI is InChI=1S/C21H31F3N4O4/c1-20(2,3)32-19(29)26-14-4-13-9-27(16(5-14)12-30-11-13)17-8-25-28(10-17)15-6-18(7-15)31-21(22,23)24/h8,10,13-16,18H,4-7,9,11-12H2,1-3H3,(H,26,29)/t13?,14-,15?,16?,18?/m1/s1. The first-order chi connectivity index (χ1) is 14.9. The quantitative estimate of drug-likeness (QED) is 0.740. The average molecular weight is 460 g/mol. The molecule has 1 aromatic heterocycles. The van der Waals surface area contributed by atoms with Crippen LogP contribution in [0.2, 0.25) is 0 Å². The van der Waals surface area contributed by atoms with E-state index in [-0.39, 0.29) is 36.9 Å². The molecule has 1 aliphatic carbocycles. The fraction of sp³-hybridized carbons (Fsp3) is 0.810. The van der Waals surface area contributed by atoms with Crippen molar-refractivity contribution in [2.24, 2.45) is 5.92 Å². The lowest BCUT2D eigenvalue weighted by Gasteiger charge is -2.35. The third-order valence-electron chi connectivity index (χ3n) is 6.12. The molecule has 3 atom stereocenters. The van der Waals surface area contributed by atoms with Crippen LogP contribution in [-0.2, 0) is 14.2 Å². The van der Waals surface area contributed by atoms with E-state index in [4.69, 9.17) is 9.47 Å². The lowest BCUT2D eigenvalue weighted by Crippen LogP contribution is -2.44. The van der Waals surface area contributed by atoms with E-state index in [1.165, 1.54) is 0 Å². The van der Waals surface area contributed by atoms with E-state index in [0.717, 1.165) is 18.7 Å². The molecule has 2 aliphatic heterocycles. The Balaban J connectivity index is 1.38. The van der Waals surface area contributed by atoms with Crippen LogP contribution in [0.3, 0.4) is 0 Å². The average Bonchev–Trinajstić information content (AvgIpc) is 2.89. The van der Waals surface area contributed by atoms with Gasteiger partial charge in [0.25, 0.3) is 0 Å². The Bertz CT molecular complexity index is 804. The molecule has 11 heteroatoms. The largest absolute Gasteiger partial charge is 0.522 e. The Morgan fingerprint density at radius 1 is 1.16 bits per heavy atom. The number of carbonyl (C=O) groups is 1. The molecule has 0 spiro atoms. The predicted octanol–water partition coefficient (Wildman–Crippen LogP) is 3.63. The van der Waals surface area contributed by atoms with Gasteiger partial charge >= 0.3 is 12.5 Å². The number of nitrogens with zero attached hydrogens (tertiary/aromatic N) is 3. The molecule has 4 rings (SSSR count). The van der Waals surface area contributed by atoms with Crippen molar-refractivity contribution in [2.75, 3.05) is 24.7 Å². The molecule has 3 fully saturated rings. The van der Waals surface area contributed by atoms with Crippen molar-refractivity contribution >= 4 is 11.8 Å². The van der Waals surface area contributed by atoms with Crippen LogP contribution in [0.4, 0.5) is 23.7 Å². The van der Waals surface area contributed by atoms with Gasteiger partial charge in [0.1, 0.15) is 5.60 Å². The predicted molar refractivity (Wildman–Crippen MR) is 109 cm³/mol. The lowest BCUT2D eigenvalue weighted by molar-refractivity contribution is -0.353. The molecule has 8 nitrogen and oxygen atoms in total. The first-order valence-corrected chi connectivity index (χ1v) is 11.1. The van der Waals surface area contributed by atoms with E-state index in [2.05, 4.69) is 20.1 Å². The van der Waals surface area contributed by atoms with E-state index in [1.54, 1.807) is 10.9 Å². The minimum absolute atomic E-state index is 0.0179. The monoisotopic (exact) mass is 460 g/mol. The highest BCUT2D eigenvalue weighted by Gasteiger charge is 2.41. The zero-order valence-electron chi connectivity index (χ0n) is 18.6. The molecule has 32 heavy (non-hydrogen) atoms. The second kappa shape index (κ2) is 8.74. The number of rotatable bonds is 4. The third-order valence-corrected chi connectivity index (χ3v) is 6.12. The molecule has 1 amide bonds. The highest BCUT2D eigenvalue weighted by molar-refractivity contribution is 5.68. The Morgan fingerprint density at radius 2 is 1.91 bits per heavy atom. The van der Waals surface area contributed by atoms with Gasteiger partial charge in [-0.1, -0.05) is 0 Å². The van der Waals surface area contributed by atoms with Crippen LogP contribution < -0.4 is 10.2 Å². The molecule has 1 aromatic rings. The van der Waals surface area contributed by atoms with Gasteiger partial charge in [-0.15, -0.1) is 13.2 Å². The summed E-state index contributed by atoms with van der Waals surface area (Å²) < 4.78 is 54.2. The molecule has 2 unspecified atom stereocenters. The first kappa shape index (κ1) is 23.2. The molecule has 1 N–H and O–H groups in total. The summed E-state index contributed by atoms with van der Waals surface area (Å²) in [7, 11) is 0. The maximum atomic E-state index is 12.4. The topological polar surface area (TPSA) is 77.9 Å². The van der Waals surface area contributed by atoms with Gasteiger partial charge < -0.3 is 19.7 Å². The number of hydrogen-bond donors (Lipinski definition) is 1. The Hall–Kier alpha value is -2.01. The maximum absolute atomic E-state index is 12.4. The number of hydrogen-bond acceptors (Lipinski definition) is 6. The van der Waals surface area contributed by atoms with Crippen LogP contribution in [0.5, 0.6) is 0 Å². The number of amides is 1. The zero-order chi connectivity index (χ0) is 23.1. The highest BCUT2D eigenvalue weighted by Crippen LogP contribution is 2.39. The zero-order valence-corrected chi connectivity index (χ0v) is 18.6. The molecule has 2 saturated heterocycles. The summed E-state index contributed by atoms with van der Waals surface area (Å²) in [5.74, 6) is 0.235. The van der Waals surface area contributed by atoms with Gasteiger partial charge in [-0.3, -0.25) is 9.42 Å². The number of alkyl halides is 3. The molecule has 2 bridgehead atoms. The summed E-state index contributed by atoms with van der Waals surface area (Å²) in [5, 5.41) is 7.42. The van der Waals surface area contributed by atoms with E-state index in [0.29, 0.717) is 19.6 Å². The second-order valence-electron chi connectivity index (χ2n) is 10.0. The van der Waals surface area contributed by atoms with Gasteiger partial charge in [0.05, 0.1) is 43.3 Å². The van der Waals surface area contributed by atoms with Gasteiger partial charge in [0.2, 0.25) is 0 Å². The van der Waals surface area contributed by atoms with Crippen molar-refractivity contribution in [3.63, 3.8) is 0 Å².